The van der Waals surface area contributed by atoms with E-state index in [-0.39, 0.29) is 52.5 Å². The van der Waals surface area contributed by atoms with Gasteiger partial charge < -0.3 is 29.6 Å². The molecule has 0 bridgehead atoms. The molecule has 250 valence electrons. The van der Waals surface area contributed by atoms with Crippen LogP contribution in [0.5, 0.6) is 17.2 Å². The summed E-state index contributed by atoms with van der Waals surface area (Å²) < 4.78 is 12.9. The molecule has 8 heteroatoms. The fourth-order valence-electron chi connectivity index (χ4n) is 5.99. The zero-order valence-electron chi connectivity index (χ0n) is 28.5. The Morgan fingerprint density at radius 1 is 0.957 bits per heavy atom. The van der Waals surface area contributed by atoms with E-state index in [0.29, 0.717) is 24.8 Å². The minimum Gasteiger partial charge on any atom is -0.507 e. The first-order chi connectivity index (χ1) is 21.6. The molecule has 0 spiro atoms. The average molecular weight is 635 g/mol. The molecule has 3 rings (SSSR count). The molecule has 3 atom stereocenters. The number of aromatic hydroxyl groups is 2. The number of hydrogen-bond donors (Lipinski definition) is 3. The minimum atomic E-state index is -0.993. The number of carbonyl (C=O) groups excluding carboxylic acids is 2. The molecule has 0 saturated heterocycles. The molecule has 0 radical (unpaired) electrons. The summed E-state index contributed by atoms with van der Waals surface area (Å²) in [6, 6.07) is 0. The first-order valence-corrected chi connectivity index (χ1v) is 16.0. The third-order valence-electron chi connectivity index (χ3n) is 8.83. The van der Waals surface area contributed by atoms with Crippen molar-refractivity contribution < 1.29 is 39.2 Å². The molecule has 1 aromatic carbocycles. The predicted octanol–water partition coefficient (Wildman–Crippen LogP) is 7.76. The summed E-state index contributed by atoms with van der Waals surface area (Å²) >= 11 is 0. The molecule has 0 fully saturated rings. The number of ether oxygens (including phenoxy) is 2. The van der Waals surface area contributed by atoms with Crippen LogP contribution < -0.4 is 4.74 Å². The Hall–Kier alpha value is -3.91. The maximum absolute atomic E-state index is 14.3. The van der Waals surface area contributed by atoms with E-state index in [0.717, 1.165) is 30.3 Å². The summed E-state index contributed by atoms with van der Waals surface area (Å²) in [6.45, 7) is 15.5. The van der Waals surface area contributed by atoms with Gasteiger partial charge in [-0.3, -0.25) is 4.79 Å². The van der Waals surface area contributed by atoms with E-state index in [4.69, 9.17) is 14.6 Å². The maximum atomic E-state index is 14.3. The number of rotatable bonds is 14. The number of hydrogen-bond acceptors (Lipinski definition) is 7. The molecule has 1 heterocycles. The number of phenolic OH excluding ortho intramolecular Hbond substituents is 2. The molecule has 0 amide bonds. The van der Waals surface area contributed by atoms with Crippen LogP contribution in [0, 0.1) is 11.8 Å². The number of aldehydes is 1. The standard InChI is InChI=1S/C38H50O8/c1-22(2)11-9-12-24(5)15-17-27-32(40)28(16-14-23(3)4)36-31(33(27)41)34(42)29-19-26(21-39)20-30(35(29)46-36)38(7,8)45-18-10-13-25(6)37(43)44/h11,13-15,19,21,26,30,35,40-41H,9-10,12,16-18,20H2,1-8H3,(H,43,44)/b24-15+,25-13+/t26?,30-,35?/m0/s1. The van der Waals surface area contributed by atoms with Crippen LogP contribution in [0.3, 0.4) is 0 Å². The van der Waals surface area contributed by atoms with Crippen molar-refractivity contribution in [3.8, 4) is 17.2 Å². The molecular weight excluding hydrogens is 584 g/mol. The van der Waals surface area contributed by atoms with Gasteiger partial charge in [0.1, 0.15) is 35.2 Å². The van der Waals surface area contributed by atoms with Crippen LogP contribution in [0.1, 0.15) is 103 Å². The van der Waals surface area contributed by atoms with Crippen LogP contribution in [0.4, 0.5) is 0 Å². The molecular formula is C38H50O8. The molecule has 0 aromatic heterocycles. The van der Waals surface area contributed by atoms with Crippen LogP contribution in [0.15, 0.2) is 58.2 Å². The number of benzene rings is 1. The zero-order chi connectivity index (χ0) is 34.3. The molecule has 0 saturated carbocycles. The fourth-order valence-corrected chi connectivity index (χ4v) is 5.99. The predicted molar refractivity (Wildman–Crippen MR) is 180 cm³/mol. The smallest absolute Gasteiger partial charge is 0.330 e. The Morgan fingerprint density at radius 3 is 2.22 bits per heavy atom. The lowest BCUT2D eigenvalue weighted by molar-refractivity contribution is -0.132. The van der Waals surface area contributed by atoms with E-state index in [9.17, 15) is 24.6 Å². The van der Waals surface area contributed by atoms with E-state index in [1.165, 1.54) is 12.5 Å². The Morgan fingerprint density at radius 2 is 1.61 bits per heavy atom. The van der Waals surface area contributed by atoms with Crippen molar-refractivity contribution in [2.45, 2.75) is 106 Å². The highest BCUT2D eigenvalue weighted by molar-refractivity contribution is 6.15. The van der Waals surface area contributed by atoms with Gasteiger partial charge in [-0.05, 0) is 93.9 Å². The second kappa shape index (κ2) is 15.6. The molecule has 1 aromatic rings. The van der Waals surface area contributed by atoms with Crippen LogP contribution in [0.2, 0.25) is 0 Å². The second-order valence-electron chi connectivity index (χ2n) is 13.5. The van der Waals surface area contributed by atoms with Gasteiger partial charge in [0.25, 0.3) is 0 Å². The van der Waals surface area contributed by atoms with E-state index >= 15 is 0 Å². The van der Waals surface area contributed by atoms with Crippen molar-refractivity contribution in [3.63, 3.8) is 0 Å². The Balaban J connectivity index is 2.07. The van der Waals surface area contributed by atoms with E-state index < -0.39 is 35.3 Å². The Labute approximate surface area is 273 Å². The summed E-state index contributed by atoms with van der Waals surface area (Å²) in [5.74, 6) is -2.68. The van der Waals surface area contributed by atoms with Crippen molar-refractivity contribution in [2.24, 2.45) is 11.8 Å². The van der Waals surface area contributed by atoms with Crippen LogP contribution in [0.25, 0.3) is 0 Å². The van der Waals surface area contributed by atoms with E-state index in [1.54, 1.807) is 12.2 Å². The molecule has 1 aliphatic carbocycles. The summed E-state index contributed by atoms with van der Waals surface area (Å²) in [7, 11) is 0. The zero-order valence-corrected chi connectivity index (χ0v) is 28.5. The lowest BCUT2D eigenvalue weighted by Gasteiger charge is -2.45. The van der Waals surface area contributed by atoms with E-state index in [2.05, 4.69) is 19.9 Å². The van der Waals surface area contributed by atoms with Gasteiger partial charge in [-0.1, -0.05) is 47.1 Å². The number of aliphatic carboxylic acids is 1. The summed E-state index contributed by atoms with van der Waals surface area (Å²) in [5.41, 5.74) is 3.70. The number of phenols is 2. The van der Waals surface area contributed by atoms with Gasteiger partial charge in [0, 0.05) is 34.1 Å². The third kappa shape index (κ3) is 8.66. The molecule has 1 aliphatic heterocycles. The molecule has 2 aliphatic rings. The number of Topliss-reactive ketones (excluding diaryl/α,β-unsaturated/α-hetero) is 1. The second-order valence-corrected chi connectivity index (χ2v) is 13.5. The largest absolute Gasteiger partial charge is 0.507 e. The maximum Gasteiger partial charge on any atom is 0.330 e. The highest BCUT2D eigenvalue weighted by Gasteiger charge is 2.49. The van der Waals surface area contributed by atoms with Crippen LogP contribution in [-0.4, -0.2) is 51.7 Å². The number of carboxylic acid groups (broad SMARTS) is 1. The van der Waals surface area contributed by atoms with Gasteiger partial charge in [0.15, 0.2) is 5.78 Å². The number of allylic oxidation sites excluding steroid dienone is 7. The Kier molecular flexibility index (Phi) is 12.4. The SMILES string of the molecule is CC(C)=CCC/C(C)=C/Cc1c(O)c(CC=C(C)C)c2c(c1O)C(=O)C1=CC(C=O)C[C@H](C(C)(C)OCC/C=C(\C)C(=O)O)C1O2. The number of ketones is 1. The van der Waals surface area contributed by atoms with Gasteiger partial charge in [-0.15, -0.1) is 0 Å². The van der Waals surface area contributed by atoms with Crippen molar-refractivity contribution in [3.05, 3.63) is 74.9 Å². The fraction of sp³-hybridized carbons (Fsp3) is 0.500. The Bertz CT molecular complexity index is 1490. The van der Waals surface area contributed by atoms with E-state index in [1.807, 2.05) is 46.8 Å². The first-order valence-electron chi connectivity index (χ1n) is 16.0. The number of fused-ring (bicyclic) bond motifs is 2. The van der Waals surface area contributed by atoms with Crippen LogP contribution in [-0.2, 0) is 27.2 Å². The summed E-state index contributed by atoms with van der Waals surface area (Å²) in [4.78, 5) is 37.5. The average Bonchev–Trinajstić information content (AvgIpc) is 2.98. The van der Waals surface area contributed by atoms with Gasteiger partial charge in [-0.2, -0.15) is 0 Å². The van der Waals surface area contributed by atoms with Crippen molar-refractivity contribution in [1.82, 2.24) is 0 Å². The van der Waals surface area contributed by atoms with Crippen molar-refractivity contribution in [2.75, 3.05) is 6.61 Å². The molecule has 3 N–H and O–H groups in total. The lowest BCUT2D eigenvalue weighted by Crippen LogP contribution is -2.50. The molecule has 8 nitrogen and oxygen atoms in total. The highest BCUT2D eigenvalue weighted by Crippen LogP contribution is 2.51. The minimum absolute atomic E-state index is 0.00126. The highest BCUT2D eigenvalue weighted by atomic mass is 16.5. The lowest BCUT2D eigenvalue weighted by atomic mass is 9.70. The van der Waals surface area contributed by atoms with Crippen molar-refractivity contribution in [1.29, 1.82) is 0 Å². The van der Waals surface area contributed by atoms with Crippen molar-refractivity contribution >= 4 is 18.0 Å². The first kappa shape index (κ1) is 36.6. The third-order valence-corrected chi connectivity index (χ3v) is 8.83. The summed E-state index contributed by atoms with van der Waals surface area (Å²) in [5, 5.41) is 32.2. The number of carboxylic acids is 1. The normalized spacial score (nSPS) is 19.8. The molecule has 2 unspecified atom stereocenters. The quantitative estimate of drug-likeness (QED) is 0.0819. The number of carbonyl (C=O) groups is 3. The van der Waals surface area contributed by atoms with Gasteiger partial charge in [0.05, 0.1) is 12.2 Å². The topological polar surface area (TPSA) is 130 Å². The monoisotopic (exact) mass is 634 g/mol. The summed E-state index contributed by atoms with van der Waals surface area (Å²) in [6.07, 6.45) is 12.3. The van der Waals surface area contributed by atoms with Gasteiger partial charge >= 0.3 is 5.97 Å². The molecule has 46 heavy (non-hydrogen) atoms. The van der Waals surface area contributed by atoms with Gasteiger partial charge in [0.2, 0.25) is 0 Å². The van der Waals surface area contributed by atoms with Crippen LogP contribution >= 0.6 is 0 Å². The van der Waals surface area contributed by atoms with Gasteiger partial charge in [-0.25, -0.2) is 4.79 Å².